The van der Waals surface area contributed by atoms with Crippen LogP contribution in [-0.4, -0.2) is 74.9 Å². The van der Waals surface area contributed by atoms with Gasteiger partial charge in [-0.05, 0) is 12.8 Å². The van der Waals surface area contributed by atoms with Crippen molar-refractivity contribution in [2.45, 2.75) is 103 Å². The molecular weight excluding hydrogens is 451 g/mol. The summed E-state index contributed by atoms with van der Waals surface area (Å²) in [4.78, 5) is 9.92. The number of quaternary nitrogens is 1. The second kappa shape index (κ2) is 24.4. The van der Waals surface area contributed by atoms with Crippen molar-refractivity contribution in [3.05, 3.63) is 0 Å². The molecule has 0 saturated heterocycles. The normalized spacial score (nSPS) is 14.1. The minimum Gasteiger partial charge on any atom is -0.411 e. The first-order chi connectivity index (χ1) is 16.4. The van der Waals surface area contributed by atoms with E-state index in [1.807, 2.05) is 0 Å². The van der Waals surface area contributed by atoms with Crippen LogP contribution in [0.5, 0.6) is 0 Å². The van der Waals surface area contributed by atoms with E-state index in [-0.39, 0.29) is 5.92 Å². The maximum atomic E-state index is 9.92. The van der Waals surface area contributed by atoms with Crippen molar-refractivity contribution in [3.63, 3.8) is 0 Å². The summed E-state index contributed by atoms with van der Waals surface area (Å²) >= 11 is 0. The highest BCUT2D eigenvalue weighted by atomic mass is 31.2. The SMILES string of the molecule is CCCCCCCCCCCCCCCCOCC(CC=NO)COP(O)OCC[N+](C)(C)C. The molecule has 0 amide bonds. The van der Waals surface area contributed by atoms with E-state index in [1.165, 1.54) is 89.7 Å². The molecule has 0 heterocycles. The third-order valence-corrected chi connectivity index (χ3v) is 6.67. The molecule has 0 rings (SSSR count). The summed E-state index contributed by atoms with van der Waals surface area (Å²) in [5.74, 6) is 0.0293. The highest BCUT2D eigenvalue weighted by Gasteiger charge is 2.15. The third-order valence-electron chi connectivity index (χ3n) is 5.90. The van der Waals surface area contributed by atoms with Crippen LogP contribution in [0.1, 0.15) is 103 Å². The summed E-state index contributed by atoms with van der Waals surface area (Å²) in [5, 5.41) is 11.8. The highest BCUT2D eigenvalue weighted by Crippen LogP contribution is 2.33. The number of nitrogens with zero attached hydrogens (tertiary/aromatic N) is 2. The summed E-state index contributed by atoms with van der Waals surface area (Å²) in [6.07, 6.45) is 20.8. The van der Waals surface area contributed by atoms with Crippen molar-refractivity contribution in [2.75, 3.05) is 54.1 Å². The summed E-state index contributed by atoms with van der Waals surface area (Å²) in [6, 6.07) is 0. The average Bonchev–Trinajstić information content (AvgIpc) is 2.79. The van der Waals surface area contributed by atoms with Crippen molar-refractivity contribution >= 4 is 14.8 Å². The number of hydrogen-bond donors (Lipinski definition) is 2. The zero-order chi connectivity index (χ0) is 25.3. The van der Waals surface area contributed by atoms with Crippen LogP contribution in [-0.2, 0) is 13.8 Å². The van der Waals surface area contributed by atoms with Crippen LogP contribution < -0.4 is 0 Å². The van der Waals surface area contributed by atoms with E-state index in [9.17, 15) is 4.89 Å². The molecule has 0 radical (unpaired) electrons. The fourth-order valence-electron chi connectivity index (χ4n) is 3.63. The number of ether oxygens (including phenoxy) is 1. The van der Waals surface area contributed by atoms with Gasteiger partial charge in [-0.1, -0.05) is 90.4 Å². The Morgan fingerprint density at radius 2 is 1.29 bits per heavy atom. The molecule has 0 aromatic rings. The Labute approximate surface area is 211 Å². The topological polar surface area (TPSA) is 80.5 Å². The number of unbranched alkanes of at least 4 members (excludes halogenated alkanes) is 13. The van der Waals surface area contributed by atoms with Crippen LogP contribution in [0.25, 0.3) is 0 Å². The smallest absolute Gasteiger partial charge is 0.330 e. The van der Waals surface area contributed by atoms with E-state index < -0.39 is 8.60 Å². The molecule has 8 heteroatoms. The third kappa shape index (κ3) is 26.3. The van der Waals surface area contributed by atoms with Crippen LogP contribution in [0.3, 0.4) is 0 Å². The second-order valence-corrected chi connectivity index (χ2v) is 11.4. The molecule has 0 aliphatic carbocycles. The molecular formula is C26H56N2O5P+. The van der Waals surface area contributed by atoms with Crippen LogP contribution in [0.4, 0.5) is 0 Å². The van der Waals surface area contributed by atoms with Crippen molar-refractivity contribution in [1.82, 2.24) is 0 Å². The molecule has 0 aromatic carbocycles. The quantitative estimate of drug-likeness (QED) is 0.0332. The maximum Gasteiger partial charge on any atom is 0.330 e. The summed E-state index contributed by atoms with van der Waals surface area (Å²) in [5.41, 5.74) is 0. The van der Waals surface area contributed by atoms with E-state index in [0.717, 1.165) is 24.1 Å². The van der Waals surface area contributed by atoms with Crippen molar-refractivity contribution in [3.8, 4) is 0 Å². The van der Waals surface area contributed by atoms with Gasteiger partial charge in [-0.15, -0.1) is 5.16 Å². The standard InChI is InChI=1S/C26H55N2O5P/c1-5-6-7-8-9-10-11-12-13-14-15-16-17-18-22-31-24-26(19-20-27-29)25-33-34(30)32-23-21-28(2,3)4/h20,26,30H,5-19,21-25H2,1-4H3/p+1. The number of hydrogen-bond acceptors (Lipinski definition) is 6. The van der Waals surface area contributed by atoms with Gasteiger partial charge >= 0.3 is 8.60 Å². The zero-order valence-electron chi connectivity index (χ0n) is 22.8. The number of rotatable bonds is 26. The maximum absolute atomic E-state index is 9.92. The van der Waals surface area contributed by atoms with E-state index in [2.05, 4.69) is 33.2 Å². The van der Waals surface area contributed by atoms with Gasteiger partial charge in [0.25, 0.3) is 0 Å². The van der Waals surface area contributed by atoms with Gasteiger partial charge in [0.2, 0.25) is 0 Å². The van der Waals surface area contributed by atoms with Gasteiger partial charge in [0.05, 0.1) is 34.4 Å². The average molecular weight is 508 g/mol. The van der Waals surface area contributed by atoms with Gasteiger partial charge < -0.3 is 28.4 Å². The molecule has 0 spiro atoms. The van der Waals surface area contributed by atoms with E-state index >= 15 is 0 Å². The predicted molar refractivity (Wildman–Crippen MR) is 143 cm³/mol. The minimum absolute atomic E-state index is 0.0293. The zero-order valence-corrected chi connectivity index (χ0v) is 23.7. The van der Waals surface area contributed by atoms with Crippen LogP contribution in [0.15, 0.2) is 5.16 Å². The summed E-state index contributed by atoms with van der Waals surface area (Å²) in [7, 11) is 4.33. The molecule has 0 aliphatic heterocycles. The van der Waals surface area contributed by atoms with Gasteiger partial charge in [0.15, 0.2) is 0 Å². The van der Waals surface area contributed by atoms with Crippen LogP contribution >= 0.6 is 8.60 Å². The highest BCUT2D eigenvalue weighted by molar-refractivity contribution is 7.40. The minimum atomic E-state index is -1.89. The molecule has 0 aromatic heterocycles. The summed E-state index contributed by atoms with van der Waals surface area (Å²) < 4.78 is 17.4. The van der Waals surface area contributed by atoms with Crippen molar-refractivity contribution in [2.24, 2.45) is 11.1 Å². The largest absolute Gasteiger partial charge is 0.411 e. The Bertz CT molecular complexity index is 449. The van der Waals surface area contributed by atoms with Gasteiger partial charge in [-0.2, -0.15) is 0 Å². The van der Waals surface area contributed by atoms with E-state index in [4.69, 9.17) is 19.0 Å². The molecule has 7 nitrogen and oxygen atoms in total. The molecule has 0 bridgehead atoms. The summed E-state index contributed by atoms with van der Waals surface area (Å²) in [6.45, 7) is 5.09. The van der Waals surface area contributed by atoms with Crippen molar-refractivity contribution < 1.29 is 28.4 Å². The van der Waals surface area contributed by atoms with Gasteiger partial charge in [-0.3, -0.25) is 0 Å². The number of likely N-dealkylation sites (N-methyl/N-ethyl adjacent to an activating group) is 1. The molecule has 34 heavy (non-hydrogen) atoms. The number of oxime groups is 1. The van der Waals surface area contributed by atoms with E-state index in [0.29, 0.717) is 26.2 Å². The second-order valence-electron chi connectivity index (χ2n) is 10.5. The first kappa shape index (κ1) is 33.7. The fraction of sp³-hybridized carbons (Fsp3) is 0.962. The van der Waals surface area contributed by atoms with Crippen LogP contribution in [0.2, 0.25) is 0 Å². The van der Waals surface area contributed by atoms with Gasteiger partial charge in [0, 0.05) is 18.7 Å². The molecule has 0 saturated carbocycles. The predicted octanol–water partition coefficient (Wildman–Crippen LogP) is 6.91. The van der Waals surface area contributed by atoms with Crippen molar-refractivity contribution in [1.29, 1.82) is 0 Å². The van der Waals surface area contributed by atoms with Gasteiger partial charge in [0.1, 0.15) is 13.2 Å². The molecule has 2 N–H and O–H groups in total. The monoisotopic (exact) mass is 507 g/mol. The Balaban J connectivity index is 3.62. The first-order valence-electron chi connectivity index (χ1n) is 13.7. The fourth-order valence-corrected chi connectivity index (χ4v) is 4.28. The Kier molecular flexibility index (Phi) is 24.2. The lowest BCUT2D eigenvalue weighted by molar-refractivity contribution is -0.870. The van der Waals surface area contributed by atoms with Crippen LogP contribution in [0, 0.1) is 5.92 Å². The molecule has 0 fully saturated rings. The lowest BCUT2D eigenvalue weighted by atomic mass is 10.0. The molecule has 2 atom stereocenters. The van der Waals surface area contributed by atoms with E-state index in [1.54, 1.807) is 0 Å². The molecule has 0 aliphatic rings. The Morgan fingerprint density at radius 1 is 0.765 bits per heavy atom. The Hall–Kier alpha value is -0.300. The van der Waals surface area contributed by atoms with Gasteiger partial charge in [-0.25, -0.2) is 0 Å². The molecule has 204 valence electrons. The Morgan fingerprint density at radius 3 is 1.79 bits per heavy atom. The lowest BCUT2D eigenvalue weighted by Gasteiger charge is -2.24. The lowest BCUT2D eigenvalue weighted by Crippen LogP contribution is -2.37. The first-order valence-corrected chi connectivity index (χ1v) is 14.8. The molecule has 2 unspecified atom stereocenters.